The third kappa shape index (κ3) is 3.41. The Kier molecular flexibility index (Phi) is 4.29. The Morgan fingerprint density at radius 3 is 2.68 bits per heavy atom. The molecule has 2 N–H and O–H groups in total. The van der Waals surface area contributed by atoms with Gasteiger partial charge in [0.2, 0.25) is 0 Å². The number of benzene rings is 2. The first-order chi connectivity index (χ1) is 9.22. The van der Waals surface area contributed by atoms with Crippen LogP contribution in [0.1, 0.15) is 18.1 Å². The second-order valence-corrected chi connectivity index (χ2v) is 4.36. The molecule has 3 heteroatoms. The third-order valence-corrected chi connectivity index (χ3v) is 3.01. The maximum atomic E-state index is 5.80. The molecule has 0 spiro atoms. The number of anilines is 1. The van der Waals surface area contributed by atoms with Gasteiger partial charge in [0.15, 0.2) is 0 Å². The van der Waals surface area contributed by atoms with Crippen LogP contribution in [0, 0.1) is 0 Å². The van der Waals surface area contributed by atoms with Crippen molar-refractivity contribution in [3.63, 3.8) is 0 Å². The highest BCUT2D eigenvalue weighted by Gasteiger charge is 2.04. The maximum absolute atomic E-state index is 5.80. The highest BCUT2D eigenvalue weighted by atomic mass is 16.5. The molecule has 0 aliphatic carbocycles. The fraction of sp³-hybridized carbons (Fsp3) is 0.250. The van der Waals surface area contributed by atoms with Gasteiger partial charge in [-0.3, -0.25) is 0 Å². The van der Waals surface area contributed by atoms with Crippen molar-refractivity contribution in [2.75, 3.05) is 12.8 Å². The summed E-state index contributed by atoms with van der Waals surface area (Å²) < 4.78 is 11.1. The van der Waals surface area contributed by atoms with Gasteiger partial charge in [0.05, 0.1) is 7.11 Å². The highest BCUT2D eigenvalue weighted by molar-refractivity contribution is 5.48. The maximum Gasteiger partial charge on any atom is 0.127 e. The van der Waals surface area contributed by atoms with Gasteiger partial charge in [0.25, 0.3) is 0 Å². The molecular weight excluding hydrogens is 238 g/mol. The first kappa shape index (κ1) is 13.3. The minimum absolute atomic E-state index is 0.469. The van der Waals surface area contributed by atoms with Gasteiger partial charge in [-0.25, -0.2) is 0 Å². The molecule has 0 aromatic heterocycles. The SMILES string of the molecule is CCc1cccc(OCc2ccc(N)cc2OC)c1. The zero-order valence-electron chi connectivity index (χ0n) is 11.3. The predicted octanol–water partition coefficient (Wildman–Crippen LogP) is 3.42. The monoisotopic (exact) mass is 257 g/mol. The molecule has 0 fully saturated rings. The van der Waals surface area contributed by atoms with Gasteiger partial charge in [0.1, 0.15) is 18.1 Å². The average molecular weight is 257 g/mol. The summed E-state index contributed by atoms with van der Waals surface area (Å²) in [5.74, 6) is 1.63. The van der Waals surface area contributed by atoms with E-state index < -0.39 is 0 Å². The van der Waals surface area contributed by atoms with E-state index in [0.29, 0.717) is 12.3 Å². The second-order valence-electron chi connectivity index (χ2n) is 4.36. The number of hydrogen-bond acceptors (Lipinski definition) is 3. The zero-order chi connectivity index (χ0) is 13.7. The summed E-state index contributed by atoms with van der Waals surface area (Å²) in [5.41, 5.74) is 8.67. The van der Waals surface area contributed by atoms with E-state index in [1.54, 1.807) is 13.2 Å². The lowest BCUT2D eigenvalue weighted by atomic mass is 10.1. The van der Waals surface area contributed by atoms with Crippen LogP contribution in [0.2, 0.25) is 0 Å². The van der Waals surface area contributed by atoms with Crippen molar-refractivity contribution in [2.24, 2.45) is 0 Å². The molecule has 0 amide bonds. The summed E-state index contributed by atoms with van der Waals surface area (Å²) in [5, 5.41) is 0. The largest absolute Gasteiger partial charge is 0.496 e. The smallest absolute Gasteiger partial charge is 0.127 e. The first-order valence-corrected chi connectivity index (χ1v) is 6.37. The lowest BCUT2D eigenvalue weighted by Crippen LogP contribution is -2.00. The van der Waals surface area contributed by atoms with Crippen LogP contribution in [0.3, 0.4) is 0 Å². The van der Waals surface area contributed by atoms with Crippen LogP contribution in [0.5, 0.6) is 11.5 Å². The standard InChI is InChI=1S/C16H19NO2/c1-3-12-5-4-6-15(9-12)19-11-13-7-8-14(17)10-16(13)18-2/h4-10H,3,11,17H2,1-2H3. The number of hydrogen-bond donors (Lipinski definition) is 1. The third-order valence-electron chi connectivity index (χ3n) is 3.01. The van der Waals surface area contributed by atoms with Crippen molar-refractivity contribution in [1.82, 2.24) is 0 Å². The quantitative estimate of drug-likeness (QED) is 0.835. The van der Waals surface area contributed by atoms with E-state index in [1.807, 2.05) is 24.3 Å². The van der Waals surface area contributed by atoms with Crippen molar-refractivity contribution in [3.05, 3.63) is 53.6 Å². The molecule has 0 unspecified atom stereocenters. The Morgan fingerprint density at radius 2 is 1.95 bits per heavy atom. The molecule has 0 saturated heterocycles. The highest BCUT2D eigenvalue weighted by Crippen LogP contribution is 2.23. The Hall–Kier alpha value is -2.16. The fourth-order valence-electron chi connectivity index (χ4n) is 1.90. The van der Waals surface area contributed by atoms with Gasteiger partial charge in [-0.1, -0.05) is 19.1 Å². The molecule has 0 saturated carbocycles. The van der Waals surface area contributed by atoms with Gasteiger partial charge in [-0.05, 0) is 36.2 Å². The van der Waals surface area contributed by atoms with Gasteiger partial charge >= 0.3 is 0 Å². The molecular formula is C16H19NO2. The molecule has 3 nitrogen and oxygen atoms in total. The number of rotatable bonds is 5. The number of nitrogen functional groups attached to an aromatic ring is 1. The molecule has 0 aliphatic heterocycles. The molecule has 100 valence electrons. The summed E-state index contributed by atoms with van der Waals surface area (Å²) in [6.45, 7) is 2.60. The van der Waals surface area contributed by atoms with Crippen LogP contribution in [0.15, 0.2) is 42.5 Å². The van der Waals surface area contributed by atoms with Gasteiger partial charge < -0.3 is 15.2 Å². The Bertz CT molecular complexity index is 552. The van der Waals surface area contributed by atoms with Crippen molar-refractivity contribution < 1.29 is 9.47 Å². The van der Waals surface area contributed by atoms with E-state index in [0.717, 1.165) is 23.5 Å². The summed E-state index contributed by atoms with van der Waals surface area (Å²) in [4.78, 5) is 0. The minimum Gasteiger partial charge on any atom is -0.496 e. The van der Waals surface area contributed by atoms with Crippen LogP contribution >= 0.6 is 0 Å². The van der Waals surface area contributed by atoms with E-state index in [9.17, 15) is 0 Å². The number of nitrogens with two attached hydrogens (primary N) is 1. The van der Waals surface area contributed by atoms with Crippen LogP contribution < -0.4 is 15.2 Å². The fourth-order valence-corrected chi connectivity index (χ4v) is 1.90. The van der Waals surface area contributed by atoms with Crippen molar-refractivity contribution in [1.29, 1.82) is 0 Å². The van der Waals surface area contributed by atoms with E-state index >= 15 is 0 Å². The average Bonchev–Trinajstić information content (AvgIpc) is 2.46. The molecule has 0 radical (unpaired) electrons. The van der Waals surface area contributed by atoms with Crippen LogP contribution in [0.4, 0.5) is 5.69 Å². The number of methoxy groups -OCH3 is 1. The first-order valence-electron chi connectivity index (χ1n) is 6.37. The van der Waals surface area contributed by atoms with Crippen LogP contribution in [0.25, 0.3) is 0 Å². The van der Waals surface area contributed by atoms with E-state index in [4.69, 9.17) is 15.2 Å². The van der Waals surface area contributed by atoms with Gasteiger partial charge in [-0.15, -0.1) is 0 Å². The molecule has 19 heavy (non-hydrogen) atoms. The zero-order valence-corrected chi connectivity index (χ0v) is 11.3. The second kappa shape index (κ2) is 6.14. The van der Waals surface area contributed by atoms with Crippen molar-refractivity contribution in [2.45, 2.75) is 20.0 Å². The molecule has 0 aliphatic rings. The van der Waals surface area contributed by atoms with Crippen molar-refractivity contribution in [3.8, 4) is 11.5 Å². The lowest BCUT2D eigenvalue weighted by molar-refractivity contribution is 0.296. The Labute approximate surface area is 114 Å². The summed E-state index contributed by atoms with van der Waals surface area (Å²) in [6, 6.07) is 13.7. The molecule has 2 aromatic rings. The normalized spacial score (nSPS) is 10.2. The Morgan fingerprint density at radius 1 is 1.11 bits per heavy atom. The molecule has 2 aromatic carbocycles. The molecule has 0 bridgehead atoms. The topological polar surface area (TPSA) is 44.5 Å². The predicted molar refractivity (Wildman–Crippen MR) is 77.6 cm³/mol. The van der Waals surface area contributed by atoms with Gasteiger partial charge in [-0.2, -0.15) is 0 Å². The van der Waals surface area contributed by atoms with E-state index in [2.05, 4.69) is 19.1 Å². The lowest BCUT2D eigenvalue weighted by Gasteiger charge is -2.11. The minimum atomic E-state index is 0.469. The molecule has 0 heterocycles. The summed E-state index contributed by atoms with van der Waals surface area (Å²) in [6.07, 6.45) is 1.00. The molecule has 0 atom stereocenters. The number of aryl methyl sites for hydroxylation is 1. The van der Waals surface area contributed by atoms with E-state index in [-0.39, 0.29) is 0 Å². The van der Waals surface area contributed by atoms with E-state index in [1.165, 1.54) is 5.56 Å². The number of ether oxygens (including phenoxy) is 2. The summed E-state index contributed by atoms with van der Waals surface area (Å²) in [7, 11) is 1.63. The Balaban J connectivity index is 2.09. The van der Waals surface area contributed by atoms with Crippen molar-refractivity contribution >= 4 is 5.69 Å². The van der Waals surface area contributed by atoms with Gasteiger partial charge in [0, 0.05) is 17.3 Å². The van der Waals surface area contributed by atoms with Crippen LogP contribution in [-0.4, -0.2) is 7.11 Å². The molecule has 2 rings (SSSR count). The van der Waals surface area contributed by atoms with Crippen LogP contribution in [-0.2, 0) is 13.0 Å². The summed E-state index contributed by atoms with van der Waals surface area (Å²) >= 11 is 0.